The van der Waals surface area contributed by atoms with Gasteiger partial charge in [-0.1, -0.05) is 48.9 Å². The molecule has 9 heteroatoms. The van der Waals surface area contributed by atoms with Gasteiger partial charge in [0.2, 0.25) is 6.29 Å². The van der Waals surface area contributed by atoms with Crippen LogP contribution in [-0.4, -0.2) is 24.3 Å². The molecule has 2 atom stereocenters. The summed E-state index contributed by atoms with van der Waals surface area (Å²) in [4.78, 5) is 35.5. The molecule has 1 N–H and O–H groups in total. The van der Waals surface area contributed by atoms with Gasteiger partial charge in [0, 0.05) is 17.4 Å². The Morgan fingerprint density at radius 3 is 2.23 bits per heavy atom. The molecule has 0 saturated heterocycles. The van der Waals surface area contributed by atoms with E-state index in [9.17, 15) is 19.5 Å². The van der Waals surface area contributed by atoms with Crippen molar-refractivity contribution in [2.75, 3.05) is 0 Å². The monoisotopic (exact) mass is 455 g/mol. The first-order valence-electron chi connectivity index (χ1n) is 9.57. The van der Waals surface area contributed by atoms with Crippen molar-refractivity contribution in [3.8, 4) is 0 Å². The van der Waals surface area contributed by atoms with Crippen LogP contribution in [0.3, 0.4) is 0 Å². The minimum absolute atomic E-state index is 0. The number of carboxylic acid groups (broad SMARTS) is 1. The first kappa shape index (κ1) is 27.0. The van der Waals surface area contributed by atoms with Crippen molar-refractivity contribution in [1.82, 2.24) is 5.32 Å². The van der Waals surface area contributed by atoms with Gasteiger partial charge in [-0.15, -0.1) is 0 Å². The molecule has 0 bridgehead atoms. The van der Waals surface area contributed by atoms with E-state index in [-0.39, 0.29) is 42.4 Å². The fourth-order valence-corrected chi connectivity index (χ4v) is 2.84. The van der Waals surface area contributed by atoms with Gasteiger partial charge in [0.1, 0.15) is 0 Å². The maximum Gasteiger partial charge on any atom is 1.00 e. The molecule has 0 saturated carbocycles. The van der Waals surface area contributed by atoms with E-state index in [0.29, 0.717) is 29.0 Å². The number of alkyl carbamates (subject to hydrolysis) is 1. The number of ether oxygens (including phenoxy) is 2. The molecule has 2 rings (SSSR count). The zero-order valence-corrected chi connectivity index (χ0v) is 20.3. The number of carbonyl (C=O) groups excluding carboxylic acids is 3. The van der Waals surface area contributed by atoms with Crippen LogP contribution in [0.15, 0.2) is 54.6 Å². The number of halogens is 1. The van der Waals surface area contributed by atoms with Crippen molar-refractivity contribution in [2.45, 2.75) is 44.9 Å². The van der Waals surface area contributed by atoms with E-state index in [1.165, 1.54) is 0 Å². The molecule has 0 radical (unpaired) electrons. The SMILES string of the molecule is CCCC(OC(=O)NC(CCC(=O)[O-])c1ccc(Cl)cc1)OC(=O)c1ccccc1.[Na+]. The molecule has 0 aromatic heterocycles. The largest absolute Gasteiger partial charge is 1.00 e. The van der Waals surface area contributed by atoms with Crippen molar-refractivity contribution >= 4 is 29.6 Å². The van der Waals surface area contributed by atoms with Crippen LogP contribution in [0, 0.1) is 0 Å². The maximum atomic E-state index is 12.4. The molecule has 1 amide bonds. The van der Waals surface area contributed by atoms with Crippen molar-refractivity contribution in [3.63, 3.8) is 0 Å². The van der Waals surface area contributed by atoms with Crippen LogP contribution in [-0.2, 0) is 14.3 Å². The Morgan fingerprint density at radius 1 is 1.00 bits per heavy atom. The van der Waals surface area contributed by atoms with E-state index in [2.05, 4.69) is 5.32 Å². The van der Waals surface area contributed by atoms with Gasteiger partial charge in [-0.2, -0.15) is 0 Å². The first-order chi connectivity index (χ1) is 14.4. The van der Waals surface area contributed by atoms with Gasteiger partial charge >= 0.3 is 41.6 Å². The van der Waals surface area contributed by atoms with Crippen LogP contribution in [0.5, 0.6) is 0 Å². The zero-order valence-electron chi connectivity index (χ0n) is 17.5. The second-order valence-electron chi connectivity index (χ2n) is 6.55. The zero-order chi connectivity index (χ0) is 21.9. The van der Waals surface area contributed by atoms with Crippen molar-refractivity contribution in [3.05, 3.63) is 70.7 Å². The predicted octanol–water partition coefficient (Wildman–Crippen LogP) is 0.625. The number of benzene rings is 2. The molecule has 0 aliphatic heterocycles. The van der Waals surface area contributed by atoms with Crippen LogP contribution in [0.1, 0.15) is 54.6 Å². The number of hydrogen-bond acceptors (Lipinski definition) is 6. The molecule has 0 spiro atoms. The Morgan fingerprint density at radius 2 is 1.65 bits per heavy atom. The second kappa shape index (κ2) is 14.1. The summed E-state index contributed by atoms with van der Waals surface area (Å²) in [6.07, 6.45) is -1.12. The van der Waals surface area contributed by atoms with Crippen molar-refractivity contribution in [1.29, 1.82) is 0 Å². The van der Waals surface area contributed by atoms with Gasteiger partial charge in [-0.25, -0.2) is 9.59 Å². The third-order valence-electron chi connectivity index (χ3n) is 4.21. The standard InChI is InChI=1S/C22H24ClNO6.Na/c1-2-6-20(29-21(27)16-7-4-3-5-8-16)30-22(28)24-18(13-14-19(25)26)15-9-11-17(23)12-10-15;/h3-5,7-12,18,20H,2,6,13-14H2,1H3,(H,24,28)(H,25,26);/q;+1/p-1. The van der Waals surface area contributed by atoms with E-state index in [1.807, 2.05) is 6.92 Å². The third-order valence-corrected chi connectivity index (χ3v) is 4.46. The molecular weight excluding hydrogens is 433 g/mol. The van der Waals surface area contributed by atoms with Gasteiger partial charge in [-0.3, -0.25) is 0 Å². The fraction of sp³-hybridized carbons (Fsp3) is 0.318. The quantitative estimate of drug-likeness (QED) is 0.320. The number of aliphatic carboxylic acids is 1. The summed E-state index contributed by atoms with van der Waals surface area (Å²) in [6.45, 7) is 1.86. The predicted molar refractivity (Wildman–Crippen MR) is 109 cm³/mol. The van der Waals surface area contributed by atoms with Crippen molar-refractivity contribution in [2.24, 2.45) is 0 Å². The Labute approximate surface area is 208 Å². The number of rotatable bonds is 10. The normalized spacial score (nSPS) is 12.1. The molecule has 7 nitrogen and oxygen atoms in total. The second-order valence-corrected chi connectivity index (χ2v) is 6.99. The number of carbonyl (C=O) groups is 3. The van der Waals surface area contributed by atoms with E-state index < -0.39 is 30.4 Å². The summed E-state index contributed by atoms with van der Waals surface area (Å²) in [5, 5.41) is 14.0. The van der Waals surface area contributed by atoms with Crippen molar-refractivity contribution < 1.29 is 58.5 Å². The molecule has 0 fully saturated rings. The molecule has 0 aliphatic rings. The first-order valence-corrected chi connectivity index (χ1v) is 9.95. The molecule has 2 unspecified atom stereocenters. The summed E-state index contributed by atoms with van der Waals surface area (Å²) < 4.78 is 10.6. The number of esters is 1. The van der Waals surface area contributed by atoms with Crippen LogP contribution < -0.4 is 40.0 Å². The number of carboxylic acids is 1. The Bertz CT molecular complexity index is 847. The number of amides is 1. The summed E-state index contributed by atoms with van der Waals surface area (Å²) in [7, 11) is 0. The van der Waals surface area contributed by atoms with E-state index >= 15 is 0 Å². The van der Waals surface area contributed by atoms with E-state index in [4.69, 9.17) is 21.1 Å². The minimum Gasteiger partial charge on any atom is -0.550 e. The summed E-state index contributed by atoms with van der Waals surface area (Å²) >= 11 is 5.89. The Kier molecular flexibility index (Phi) is 12.3. The molecule has 2 aromatic rings. The Hall–Kier alpha value is -2.06. The molecule has 160 valence electrons. The minimum atomic E-state index is -1.23. The molecule has 0 heterocycles. The van der Waals surface area contributed by atoms with Crippen LogP contribution in [0.25, 0.3) is 0 Å². The van der Waals surface area contributed by atoms with Gasteiger partial charge in [-0.05, 0) is 49.1 Å². The smallest absolute Gasteiger partial charge is 0.550 e. The van der Waals surface area contributed by atoms with Crippen LogP contribution in [0.4, 0.5) is 4.79 Å². The van der Waals surface area contributed by atoms with E-state index in [0.717, 1.165) is 0 Å². The van der Waals surface area contributed by atoms with Crippen LogP contribution >= 0.6 is 11.6 Å². The Balaban J connectivity index is 0.00000480. The van der Waals surface area contributed by atoms with Gasteiger partial charge in [0.15, 0.2) is 0 Å². The van der Waals surface area contributed by atoms with E-state index in [1.54, 1.807) is 54.6 Å². The van der Waals surface area contributed by atoms with Crippen LogP contribution in [0.2, 0.25) is 5.02 Å². The average molecular weight is 456 g/mol. The summed E-state index contributed by atoms with van der Waals surface area (Å²) in [5.41, 5.74) is 1.00. The average Bonchev–Trinajstić information content (AvgIpc) is 2.72. The summed E-state index contributed by atoms with van der Waals surface area (Å²) in [6, 6.07) is 14.4. The third kappa shape index (κ3) is 9.74. The molecule has 2 aromatic carbocycles. The number of hydrogen-bond donors (Lipinski definition) is 1. The molecule has 31 heavy (non-hydrogen) atoms. The number of nitrogens with one attached hydrogen (secondary N) is 1. The fourth-order valence-electron chi connectivity index (χ4n) is 2.71. The maximum absolute atomic E-state index is 12.4. The van der Waals surface area contributed by atoms with Gasteiger partial charge in [0.05, 0.1) is 11.6 Å². The van der Waals surface area contributed by atoms with Gasteiger partial charge in [0.25, 0.3) is 0 Å². The molecular formula is C22H23ClNNaO6. The summed E-state index contributed by atoms with van der Waals surface area (Å²) in [5.74, 6) is -1.84. The molecule has 0 aliphatic carbocycles. The topological polar surface area (TPSA) is 105 Å². The van der Waals surface area contributed by atoms with Gasteiger partial charge < -0.3 is 24.7 Å².